The highest BCUT2D eigenvalue weighted by atomic mass is 14.6. The molecule has 0 aromatic heterocycles. The summed E-state index contributed by atoms with van der Waals surface area (Å²) in [5.41, 5.74) is 0.879. The van der Waals surface area contributed by atoms with Gasteiger partial charge in [0.2, 0.25) is 0 Å². The lowest BCUT2D eigenvalue weighted by Crippen LogP contribution is -2.43. The predicted molar refractivity (Wildman–Crippen MR) is 55.5 cm³/mol. The summed E-state index contributed by atoms with van der Waals surface area (Å²) >= 11 is 0. The molecule has 0 heteroatoms. The zero-order valence-electron chi connectivity index (χ0n) is 8.89. The molecule has 0 radical (unpaired) electrons. The van der Waals surface area contributed by atoms with Gasteiger partial charge in [0.1, 0.15) is 0 Å². The fraction of sp³-hybridized carbons (Fsp3) is 1.00. The fourth-order valence-electron chi connectivity index (χ4n) is 4.58. The Morgan fingerprint density at radius 1 is 1.00 bits per heavy atom. The third-order valence-electron chi connectivity index (χ3n) is 5.21. The lowest BCUT2D eigenvalue weighted by atomic mass is 9.53. The Balaban J connectivity index is 1.72. The molecule has 0 amide bonds. The largest absolute Gasteiger partial charge is 0.0625 e. The number of hydrogen-bond donors (Lipinski definition) is 0. The van der Waals surface area contributed by atoms with Crippen LogP contribution in [0.3, 0.4) is 0 Å². The van der Waals surface area contributed by atoms with Crippen LogP contribution in [0.1, 0.15) is 58.3 Å². The maximum Gasteiger partial charge on any atom is -0.0261 e. The Bertz CT molecular complexity index is 196. The molecule has 0 aromatic rings. The molecule has 0 saturated heterocycles. The van der Waals surface area contributed by atoms with E-state index in [1.165, 1.54) is 6.42 Å². The van der Waals surface area contributed by atoms with Crippen LogP contribution in [0.15, 0.2) is 0 Å². The minimum Gasteiger partial charge on any atom is -0.0625 e. The SMILES string of the molecule is CC1CC2(CCCC2C2CCC2)C1. The van der Waals surface area contributed by atoms with E-state index in [0.29, 0.717) is 0 Å². The molecular weight excluding hydrogens is 156 g/mol. The third-order valence-corrected chi connectivity index (χ3v) is 5.21. The van der Waals surface area contributed by atoms with E-state index in [4.69, 9.17) is 0 Å². The van der Waals surface area contributed by atoms with Crippen molar-refractivity contribution in [1.29, 1.82) is 0 Å². The van der Waals surface area contributed by atoms with E-state index < -0.39 is 0 Å². The van der Waals surface area contributed by atoms with Crippen molar-refractivity contribution in [2.24, 2.45) is 23.2 Å². The van der Waals surface area contributed by atoms with E-state index in [2.05, 4.69) is 6.92 Å². The quantitative estimate of drug-likeness (QED) is 0.569. The topological polar surface area (TPSA) is 0 Å². The second-order valence-electron chi connectivity index (χ2n) is 6.07. The molecule has 3 aliphatic rings. The third kappa shape index (κ3) is 1.10. The van der Waals surface area contributed by atoms with Crippen LogP contribution in [-0.4, -0.2) is 0 Å². The Kier molecular flexibility index (Phi) is 1.76. The van der Waals surface area contributed by atoms with E-state index in [1.807, 2.05) is 0 Å². The van der Waals surface area contributed by atoms with Crippen molar-refractivity contribution in [2.45, 2.75) is 58.3 Å². The average Bonchev–Trinajstić information content (AvgIpc) is 2.29. The Hall–Kier alpha value is 0. The van der Waals surface area contributed by atoms with E-state index >= 15 is 0 Å². The van der Waals surface area contributed by atoms with Crippen LogP contribution in [0.5, 0.6) is 0 Å². The van der Waals surface area contributed by atoms with Crippen LogP contribution in [0.25, 0.3) is 0 Å². The van der Waals surface area contributed by atoms with Gasteiger partial charge in [-0.05, 0) is 48.9 Å². The minimum atomic E-state index is 0.879. The predicted octanol–water partition coefficient (Wildman–Crippen LogP) is 4.00. The van der Waals surface area contributed by atoms with Crippen LogP contribution in [0, 0.1) is 23.2 Å². The number of hydrogen-bond acceptors (Lipinski definition) is 0. The molecule has 0 nitrogen and oxygen atoms in total. The summed E-state index contributed by atoms with van der Waals surface area (Å²) in [6, 6.07) is 0. The molecule has 1 atom stereocenters. The first-order valence-electron chi connectivity index (χ1n) is 6.30. The molecule has 3 fully saturated rings. The van der Waals surface area contributed by atoms with Crippen LogP contribution in [0.2, 0.25) is 0 Å². The van der Waals surface area contributed by atoms with Crippen molar-refractivity contribution in [3.63, 3.8) is 0 Å². The van der Waals surface area contributed by atoms with Crippen molar-refractivity contribution in [2.75, 3.05) is 0 Å². The average molecular weight is 178 g/mol. The normalized spacial score (nSPS) is 50.5. The summed E-state index contributed by atoms with van der Waals surface area (Å²) in [4.78, 5) is 0. The van der Waals surface area contributed by atoms with Crippen molar-refractivity contribution in [3.8, 4) is 0 Å². The van der Waals surface area contributed by atoms with Gasteiger partial charge in [-0.1, -0.05) is 32.6 Å². The zero-order valence-corrected chi connectivity index (χ0v) is 8.89. The van der Waals surface area contributed by atoms with Crippen molar-refractivity contribution >= 4 is 0 Å². The molecule has 13 heavy (non-hydrogen) atoms. The number of rotatable bonds is 1. The Labute approximate surface area is 82.1 Å². The standard InChI is InChI=1S/C13H22/c1-10-8-13(9-10)7-3-6-12(13)11-4-2-5-11/h10-12H,2-9H2,1H3. The fourth-order valence-corrected chi connectivity index (χ4v) is 4.58. The maximum atomic E-state index is 2.45. The zero-order chi connectivity index (χ0) is 8.89. The lowest BCUT2D eigenvalue weighted by molar-refractivity contribution is -0.0227. The summed E-state index contributed by atoms with van der Waals surface area (Å²) < 4.78 is 0. The van der Waals surface area contributed by atoms with Gasteiger partial charge in [-0.2, -0.15) is 0 Å². The molecule has 0 heterocycles. The minimum absolute atomic E-state index is 0.879. The maximum absolute atomic E-state index is 2.45. The first kappa shape index (κ1) is 8.32. The van der Waals surface area contributed by atoms with Gasteiger partial charge in [0.25, 0.3) is 0 Å². The molecule has 0 aromatic carbocycles. The molecule has 0 N–H and O–H groups in total. The smallest absolute Gasteiger partial charge is 0.0261 e. The van der Waals surface area contributed by atoms with Crippen LogP contribution < -0.4 is 0 Å². The van der Waals surface area contributed by atoms with Crippen LogP contribution in [0.4, 0.5) is 0 Å². The van der Waals surface area contributed by atoms with Gasteiger partial charge in [-0.25, -0.2) is 0 Å². The summed E-state index contributed by atoms with van der Waals surface area (Å²) in [5, 5.41) is 0. The molecule has 3 saturated carbocycles. The van der Waals surface area contributed by atoms with Crippen LogP contribution >= 0.6 is 0 Å². The van der Waals surface area contributed by atoms with E-state index in [0.717, 1.165) is 23.2 Å². The van der Waals surface area contributed by atoms with Gasteiger partial charge in [0, 0.05) is 0 Å². The molecule has 1 unspecified atom stereocenters. The second kappa shape index (κ2) is 2.74. The molecule has 0 bridgehead atoms. The van der Waals surface area contributed by atoms with Gasteiger partial charge in [0.05, 0.1) is 0 Å². The van der Waals surface area contributed by atoms with E-state index in [9.17, 15) is 0 Å². The Morgan fingerprint density at radius 2 is 1.77 bits per heavy atom. The molecule has 1 spiro atoms. The molecule has 3 rings (SSSR count). The molecule has 74 valence electrons. The van der Waals surface area contributed by atoms with E-state index in [1.54, 1.807) is 44.9 Å². The van der Waals surface area contributed by atoms with Gasteiger partial charge in [0.15, 0.2) is 0 Å². The monoisotopic (exact) mass is 178 g/mol. The summed E-state index contributed by atoms with van der Waals surface area (Å²) in [7, 11) is 0. The van der Waals surface area contributed by atoms with Gasteiger partial charge in [-0.3, -0.25) is 0 Å². The molecule has 0 aliphatic heterocycles. The Morgan fingerprint density at radius 3 is 2.31 bits per heavy atom. The highest BCUT2D eigenvalue weighted by molar-refractivity contribution is 5.03. The van der Waals surface area contributed by atoms with Gasteiger partial charge >= 0.3 is 0 Å². The summed E-state index contributed by atoms with van der Waals surface area (Å²) in [6.07, 6.45) is 12.5. The highest BCUT2D eigenvalue weighted by Crippen LogP contribution is 2.63. The van der Waals surface area contributed by atoms with E-state index in [-0.39, 0.29) is 0 Å². The van der Waals surface area contributed by atoms with Crippen molar-refractivity contribution in [3.05, 3.63) is 0 Å². The summed E-state index contributed by atoms with van der Waals surface area (Å²) in [5.74, 6) is 3.38. The van der Waals surface area contributed by atoms with Gasteiger partial charge in [-0.15, -0.1) is 0 Å². The molecular formula is C13H22. The van der Waals surface area contributed by atoms with Crippen LogP contribution in [-0.2, 0) is 0 Å². The van der Waals surface area contributed by atoms with Crippen molar-refractivity contribution < 1.29 is 0 Å². The van der Waals surface area contributed by atoms with Crippen molar-refractivity contribution in [1.82, 2.24) is 0 Å². The lowest BCUT2D eigenvalue weighted by Gasteiger charge is -2.52. The molecule has 3 aliphatic carbocycles. The summed E-state index contributed by atoms with van der Waals surface area (Å²) in [6.45, 7) is 2.45. The first-order valence-corrected chi connectivity index (χ1v) is 6.30. The highest BCUT2D eigenvalue weighted by Gasteiger charge is 2.53. The second-order valence-corrected chi connectivity index (χ2v) is 6.07. The van der Waals surface area contributed by atoms with Gasteiger partial charge < -0.3 is 0 Å². The first-order chi connectivity index (χ1) is 6.30.